The summed E-state index contributed by atoms with van der Waals surface area (Å²) in [5.41, 5.74) is 0.0185. The van der Waals surface area contributed by atoms with Crippen LogP contribution >= 0.6 is 11.3 Å². The number of carbonyl (C=O) groups excluding carboxylic acids is 1. The fourth-order valence-electron chi connectivity index (χ4n) is 1.48. The van der Waals surface area contributed by atoms with Gasteiger partial charge in [-0.05, 0) is 23.6 Å². The van der Waals surface area contributed by atoms with E-state index in [4.69, 9.17) is 5.11 Å². The summed E-state index contributed by atoms with van der Waals surface area (Å²) in [6, 6.07) is 4.80. The molecule has 0 unspecified atom stereocenters. The molecule has 0 atom stereocenters. The van der Waals surface area contributed by atoms with Gasteiger partial charge in [-0.25, -0.2) is 4.79 Å². The van der Waals surface area contributed by atoms with Crippen LogP contribution in [0.25, 0.3) is 0 Å². The topological polar surface area (TPSA) is 107 Å². The minimum absolute atomic E-state index is 0.0114. The van der Waals surface area contributed by atoms with E-state index >= 15 is 0 Å². The van der Waals surface area contributed by atoms with Crippen molar-refractivity contribution in [1.82, 2.24) is 0 Å². The largest absolute Gasteiger partial charge is 0.508 e. The fraction of sp³-hybridized carbons (Fsp3) is 0. The molecule has 2 rings (SSSR count). The number of phenolic OH excluding ortho intramolecular Hbond substituents is 2. The Hall–Kier alpha value is -2.54. The molecular formula is C12H9NO5S. The van der Waals surface area contributed by atoms with Crippen LogP contribution in [0.2, 0.25) is 0 Å². The van der Waals surface area contributed by atoms with E-state index in [1.54, 1.807) is 5.38 Å². The predicted molar refractivity (Wildman–Crippen MR) is 69.0 cm³/mol. The zero-order valence-electron chi connectivity index (χ0n) is 9.45. The Bertz CT molecular complexity index is 629. The lowest BCUT2D eigenvalue weighted by Crippen LogP contribution is -2.13. The molecule has 1 amide bonds. The van der Waals surface area contributed by atoms with Crippen LogP contribution < -0.4 is 5.32 Å². The van der Waals surface area contributed by atoms with E-state index < -0.39 is 11.9 Å². The number of carboxylic acid groups (broad SMARTS) is 1. The SMILES string of the molecule is O=C(Nc1sccc1C(=O)O)c1cc(O)cc(O)c1. The molecule has 1 aromatic heterocycles. The summed E-state index contributed by atoms with van der Waals surface area (Å²) in [4.78, 5) is 22.8. The second-order valence-electron chi connectivity index (χ2n) is 3.66. The minimum atomic E-state index is -1.14. The van der Waals surface area contributed by atoms with Gasteiger partial charge in [0.1, 0.15) is 16.5 Å². The predicted octanol–water partition coefficient (Wildman–Crippen LogP) is 2.11. The summed E-state index contributed by atoms with van der Waals surface area (Å²) in [6.45, 7) is 0. The van der Waals surface area contributed by atoms with Crippen molar-refractivity contribution in [1.29, 1.82) is 0 Å². The number of aromatic hydroxyl groups is 2. The Labute approximate surface area is 111 Å². The van der Waals surface area contributed by atoms with Gasteiger partial charge in [0.2, 0.25) is 0 Å². The van der Waals surface area contributed by atoms with Crippen molar-refractivity contribution in [3.05, 3.63) is 40.8 Å². The number of aromatic carboxylic acids is 1. The van der Waals surface area contributed by atoms with E-state index in [-0.39, 0.29) is 27.6 Å². The van der Waals surface area contributed by atoms with E-state index in [0.29, 0.717) is 0 Å². The number of carboxylic acids is 1. The van der Waals surface area contributed by atoms with E-state index in [9.17, 15) is 19.8 Å². The summed E-state index contributed by atoms with van der Waals surface area (Å²) in [5.74, 6) is -2.27. The molecule has 0 spiro atoms. The molecule has 2 aromatic rings. The molecule has 98 valence electrons. The first-order chi connectivity index (χ1) is 8.97. The monoisotopic (exact) mass is 279 g/mol. The number of nitrogens with one attached hydrogen (secondary N) is 1. The van der Waals surface area contributed by atoms with Crippen LogP contribution in [0, 0.1) is 0 Å². The molecule has 0 radical (unpaired) electrons. The van der Waals surface area contributed by atoms with Gasteiger partial charge in [-0.1, -0.05) is 0 Å². The average Bonchev–Trinajstić information content (AvgIpc) is 2.75. The highest BCUT2D eigenvalue weighted by atomic mass is 32.1. The van der Waals surface area contributed by atoms with E-state index in [1.165, 1.54) is 18.2 Å². The molecule has 4 N–H and O–H groups in total. The van der Waals surface area contributed by atoms with Crippen molar-refractivity contribution < 1.29 is 24.9 Å². The summed E-state index contributed by atoms with van der Waals surface area (Å²) in [7, 11) is 0. The lowest BCUT2D eigenvalue weighted by molar-refractivity contribution is 0.0698. The van der Waals surface area contributed by atoms with Crippen molar-refractivity contribution in [2.24, 2.45) is 0 Å². The van der Waals surface area contributed by atoms with Crippen LogP contribution in [-0.4, -0.2) is 27.2 Å². The van der Waals surface area contributed by atoms with Gasteiger partial charge in [-0.2, -0.15) is 0 Å². The van der Waals surface area contributed by atoms with Crippen LogP contribution in [0.4, 0.5) is 5.00 Å². The molecule has 0 bridgehead atoms. The molecule has 0 fully saturated rings. The number of rotatable bonds is 3. The van der Waals surface area contributed by atoms with Gasteiger partial charge in [0.25, 0.3) is 5.91 Å². The molecule has 0 aliphatic heterocycles. The maximum absolute atomic E-state index is 11.9. The van der Waals surface area contributed by atoms with E-state index in [2.05, 4.69) is 5.32 Å². The highest BCUT2D eigenvalue weighted by Gasteiger charge is 2.15. The van der Waals surface area contributed by atoms with Gasteiger partial charge in [-0.15, -0.1) is 11.3 Å². The van der Waals surface area contributed by atoms with Crippen molar-refractivity contribution >= 4 is 28.2 Å². The molecule has 0 aliphatic carbocycles. The molecule has 1 heterocycles. The maximum atomic E-state index is 11.9. The standard InChI is InChI=1S/C12H9NO5S/c14-7-3-6(4-8(15)5-7)10(16)13-11-9(12(17)18)1-2-19-11/h1-5,14-15H,(H,13,16)(H,17,18). The molecule has 6 nitrogen and oxygen atoms in total. The van der Waals surface area contributed by atoms with Gasteiger partial charge in [0.05, 0.1) is 5.56 Å². The molecule has 0 saturated heterocycles. The summed E-state index contributed by atoms with van der Waals surface area (Å²) in [6.07, 6.45) is 0. The number of hydrogen-bond donors (Lipinski definition) is 4. The number of phenols is 2. The van der Waals surface area contributed by atoms with Crippen LogP contribution in [0.5, 0.6) is 11.5 Å². The van der Waals surface area contributed by atoms with Gasteiger partial charge < -0.3 is 20.6 Å². The van der Waals surface area contributed by atoms with Crippen molar-refractivity contribution in [3.8, 4) is 11.5 Å². The first-order valence-corrected chi connectivity index (χ1v) is 6.00. The van der Waals surface area contributed by atoms with E-state index in [0.717, 1.165) is 17.4 Å². The Balaban J connectivity index is 2.25. The third-order valence-corrected chi connectivity index (χ3v) is 3.12. The number of carbonyl (C=O) groups is 2. The highest BCUT2D eigenvalue weighted by molar-refractivity contribution is 7.14. The van der Waals surface area contributed by atoms with E-state index in [1.807, 2.05) is 0 Å². The summed E-state index contributed by atoms with van der Waals surface area (Å²) < 4.78 is 0. The fourth-order valence-corrected chi connectivity index (χ4v) is 2.25. The summed E-state index contributed by atoms with van der Waals surface area (Å²) in [5, 5.41) is 31.6. The lowest BCUT2D eigenvalue weighted by atomic mass is 10.2. The second kappa shape index (κ2) is 4.99. The normalized spacial score (nSPS) is 10.1. The molecule has 0 aliphatic rings. The smallest absolute Gasteiger partial charge is 0.338 e. The van der Waals surface area contributed by atoms with Crippen LogP contribution in [0.1, 0.15) is 20.7 Å². The number of anilines is 1. The minimum Gasteiger partial charge on any atom is -0.508 e. The Morgan fingerprint density at radius 1 is 1.11 bits per heavy atom. The third kappa shape index (κ3) is 2.83. The first kappa shape index (κ1) is 12.9. The average molecular weight is 279 g/mol. The third-order valence-electron chi connectivity index (χ3n) is 2.29. The Kier molecular flexibility index (Phi) is 3.39. The maximum Gasteiger partial charge on any atom is 0.338 e. The van der Waals surface area contributed by atoms with Crippen LogP contribution in [0.15, 0.2) is 29.6 Å². The zero-order valence-corrected chi connectivity index (χ0v) is 10.3. The number of amides is 1. The van der Waals surface area contributed by atoms with Gasteiger partial charge in [-0.3, -0.25) is 4.79 Å². The molecule has 0 saturated carbocycles. The van der Waals surface area contributed by atoms with Crippen LogP contribution in [-0.2, 0) is 0 Å². The quantitative estimate of drug-likeness (QED) is 0.688. The molecule has 7 heteroatoms. The number of hydrogen-bond acceptors (Lipinski definition) is 5. The first-order valence-electron chi connectivity index (χ1n) is 5.12. The lowest BCUT2D eigenvalue weighted by Gasteiger charge is -2.05. The second-order valence-corrected chi connectivity index (χ2v) is 4.58. The van der Waals surface area contributed by atoms with Gasteiger partial charge >= 0.3 is 5.97 Å². The number of benzene rings is 1. The molecule has 1 aromatic carbocycles. The van der Waals surface area contributed by atoms with Crippen molar-refractivity contribution in [2.45, 2.75) is 0 Å². The van der Waals surface area contributed by atoms with Crippen molar-refractivity contribution in [3.63, 3.8) is 0 Å². The highest BCUT2D eigenvalue weighted by Crippen LogP contribution is 2.25. The zero-order chi connectivity index (χ0) is 14.0. The van der Waals surface area contributed by atoms with Gasteiger partial charge in [0, 0.05) is 11.6 Å². The molecular weight excluding hydrogens is 270 g/mol. The van der Waals surface area contributed by atoms with Gasteiger partial charge in [0.15, 0.2) is 0 Å². The Morgan fingerprint density at radius 3 is 2.32 bits per heavy atom. The molecule has 19 heavy (non-hydrogen) atoms. The van der Waals surface area contributed by atoms with Crippen molar-refractivity contribution in [2.75, 3.05) is 5.32 Å². The number of thiophene rings is 1. The van der Waals surface area contributed by atoms with Crippen LogP contribution in [0.3, 0.4) is 0 Å². The summed E-state index contributed by atoms with van der Waals surface area (Å²) >= 11 is 1.07. The Morgan fingerprint density at radius 2 is 1.74 bits per heavy atom.